The highest BCUT2D eigenvalue weighted by Crippen LogP contribution is 2.27. The number of benzene rings is 1. The predicted octanol–water partition coefficient (Wildman–Crippen LogP) is 0.889. The molecule has 0 radical (unpaired) electrons. The smallest absolute Gasteiger partial charge is 0.232 e. The molecule has 1 fully saturated rings. The molecular weight excluding hydrogens is 284 g/mol. The zero-order valence-corrected chi connectivity index (χ0v) is 13.0. The van der Waals surface area contributed by atoms with Crippen LogP contribution in [-0.4, -0.2) is 39.1 Å². The first kappa shape index (κ1) is 16.1. The molecule has 0 saturated carbocycles. The van der Waals surface area contributed by atoms with E-state index in [4.69, 9.17) is 9.47 Å². The van der Waals surface area contributed by atoms with Crippen LogP contribution in [0, 0.1) is 5.92 Å². The first-order chi connectivity index (χ1) is 10.7. The summed E-state index contributed by atoms with van der Waals surface area (Å²) in [4.78, 5) is 23.6. The average Bonchev–Trinajstić information content (AvgIpc) is 2.55. The number of hydrogen-bond donors (Lipinski definition) is 2. The SMILES string of the molecule is COc1ccc(CCNC(=O)C2CCCNC2=O)cc1OC. The normalized spacial score (nSPS) is 17.5. The van der Waals surface area contributed by atoms with Crippen LogP contribution in [0.15, 0.2) is 18.2 Å². The van der Waals surface area contributed by atoms with E-state index < -0.39 is 5.92 Å². The van der Waals surface area contributed by atoms with Crippen molar-refractivity contribution in [3.05, 3.63) is 23.8 Å². The number of amides is 2. The van der Waals surface area contributed by atoms with Crippen molar-refractivity contribution in [2.45, 2.75) is 19.3 Å². The van der Waals surface area contributed by atoms with Gasteiger partial charge in [-0.3, -0.25) is 9.59 Å². The van der Waals surface area contributed by atoms with Crippen LogP contribution in [0.2, 0.25) is 0 Å². The summed E-state index contributed by atoms with van der Waals surface area (Å²) in [5.74, 6) is 0.416. The van der Waals surface area contributed by atoms with E-state index in [0.29, 0.717) is 37.4 Å². The van der Waals surface area contributed by atoms with E-state index in [1.807, 2.05) is 18.2 Å². The lowest BCUT2D eigenvalue weighted by Gasteiger charge is -2.21. The Morgan fingerprint density at radius 2 is 2.09 bits per heavy atom. The molecule has 0 bridgehead atoms. The Labute approximate surface area is 130 Å². The highest BCUT2D eigenvalue weighted by atomic mass is 16.5. The quantitative estimate of drug-likeness (QED) is 0.765. The fourth-order valence-corrected chi connectivity index (χ4v) is 2.51. The van der Waals surface area contributed by atoms with Gasteiger partial charge in [-0.05, 0) is 37.0 Å². The standard InChI is InChI=1S/C16H22N2O4/c1-21-13-6-5-11(10-14(13)22-2)7-9-18-16(20)12-4-3-8-17-15(12)19/h5-6,10,12H,3-4,7-9H2,1-2H3,(H,17,19)(H,18,20). The zero-order valence-electron chi connectivity index (χ0n) is 13.0. The molecule has 2 N–H and O–H groups in total. The van der Waals surface area contributed by atoms with Gasteiger partial charge in [0.2, 0.25) is 11.8 Å². The molecule has 120 valence electrons. The van der Waals surface area contributed by atoms with Crippen LogP contribution in [-0.2, 0) is 16.0 Å². The summed E-state index contributed by atoms with van der Waals surface area (Å²) in [6.45, 7) is 1.15. The molecule has 1 saturated heterocycles. The molecule has 0 aliphatic carbocycles. The minimum Gasteiger partial charge on any atom is -0.493 e. The molecule has 6 heteroatoms. The summed E-state index contributed by atoms with van der Waals surface area (Å²) in [6, 6.07) is 5.66. The van der Waals surface area contributed by atoms with Crippen molar-refractivity contribution in [3.8, 4) is 11.5 Å². The Bertz CT molecular complexity index is 545. The van der Waals surface area contributed by atoms with E-state index in [1.54, 1.807) is 14.2 Å². The minimum absolute atomic E-state index is 0.171. The largest absolute Gasteiger partial charge is 0.493 e. The van der Waals surface area contributed by atoms with Crippen LogP contribution >= 0.6 is 0 Å². The first-order valence-corrected chi connectivity index (χ1v) is 7.42. The second-order valence-electron chi connectivity index (χ2n) is 5.22. The Morgan fingerprint density at radius 3 is 2.77 bits per heavy atom. The molecule has 1 aliphatic rings. The molecule has 2 rings (SSSR count). The van der Waals surface area contributed by atoms with E-state index >= 15 is 0 Å². The number of rotatable bonds is 6. The van der Waals surface area contributed by atoms with Crippen molar-refractivity contribution in [1.29, 1.82) is 0 Å². The lowest BCUT2D eigenvalue weighted by molar-refractivity contribution is -0.136. The third kappa shape index (κ3) is 3.90. The lowest BCUT2D eigenvalue weighted by atomic mass is 9.98. The minimum atomic E-state index is -0.556. The summed E-state index contributed by atoms with van der Waals surface area (Å²) in [7, 11) is 3.18. The van der Waals surface area contributed by atoms with Crippen LogP contribution in [0.5, 0.6) is 11.5 Å². The number of ether oxygens (including phenoxy) is 2. The summed E-state index contributed by atoms with van der Waals surface area (Å²) in [6.07, 6.45) is 2.13. The van der Waals surface area contributed by atoms with Crippen LogP contribution in [0.4, 0.5) is 0 Å². The Hall–Kier alpha value is -2.24. The van der Waals surface area contributed by atoms with Crippen molar-refractivity contribution in [2.24, 2.45) is 5.92 Å². The monoisotopic (exact) mass is 306 g/mol. The predicted molar refractivity (Wildman–Crippen MR) is 82.0 cm³/mol. The van der Waals surface area contributed by atoms with Gasteiger partial charge in [-0.25, -0.2) is 0 Å². The summed E-state index contributed by atoms with van der Waals surface area (Å²) in [5, 5.41) is 5.54. The van der Waals surface area contributed by atoms with Crippen molar-refractivity contribution >= 4 is 11.8 Å². The summed E-state index contributed by atoms with van der Waals surface area (Å²) < 4.78 is 10.4. The second-order valence-corrected chi connectivity index (χ2v) is 5.22. The zero-order chi connectivity index (χ0) is 15.9. The Kier molecular flexibility index (Phi) is 5.63. The molecule has 1 aromatic rings. The maximum Gasteiger partial charge on any atom is 0.232 e. The third-order valence-corrected chi connectivity index (χ3v) is 3.76. The molecule has 1 heterocycles. The number of carbonyl (C=O) groups excluding carboxylic acids is 2. The maximum absolute atomic E-state index is 12.0. The van der Waals surface area contributed by atoms with Gasteiger partial charge in [0.15, 0.2) is 11.5 Å². The Morgan fingerprint density at radius 1 is 1.32 bits per heavy atom. The molecule has 1 aromatic carbocycles. The van der Waals surface area contributed by atoms with Crippen molar-refractivity contribution < 1.29 is 19.1 Å². The van der Waals surface area contributed by atoms with Gasteiger partial charge < -0.3 is 20.1 Å². The van der Waals surface area contributed by atoms with Crippen LogP contribution in [0.3, 0.4) is 0 Å². The van der Waals surface area contributed by atoms with Gasteiger partial charge >= 0.3 is 0 Å². The molecule has 6 nitrogen and oxygen atoms in total. The van der Waals surface area contributed by atoms with Crippen molar-refractivity contribution in [3.63, 3.8) is 0 Å². The highest BCUT2D eigenvalue weighted by Gasteiger charge is 2.28. The van der Waals surface area contributed by atoms with Crippen LogP contribution in [0.25, 0.3) is 0 Å². The highest BCUT2D eigenvalue weighted by molar-refractivity contribution is 6.00. The summed E-state index contributed by atoms with van der Waals surface area (Å²) >= 11 is 0. The van der Waals surface area contributed by atoms with Crippen molar-refractivity contribution in [1.82, 2.24) is 10.6 Å². The molecule has 1 aliphatic heterocycles. The number of nitrogens with one attached hydrogen (secondary N) is 2. The van der Waals surface area contributed by atoms with E-state index in [2.05, 4.69) is 10.6 Å². The lowest BCUT2D eigenvalue weighted by Crippen LogP contribution is -2.45. The topological polar surface area (TPSA) is 76.7 Å². The van der Waals surface area contributed by atoms with Crippen LogP contribution in [0.1, 0.15) is 18.4 Å². The average molecular weight is 306 g/mol. The first-order valence-electron chi connectivity index (χ1n) is 7.42. The fraction of sp³-hybridized carbons (Fsp3) is 0.500. The molecule has 1 atom stereocenters. The van der Waals surface area contributed by atoms with E-state index in [0.717, 1.165) is 12.0 Å². The molecule has 22 heavy (non-hydrogen) atoms. The maximum atomic E-state index is 12.0. The molecule has 0 spiro atoms. The van der Waals surface area contributed by atoms with Crippen molar-refractivity contribution in [2.75, 3.05) is 27.3 Å². The van der Waals surface area contributed by atoms with Crippen LogP contribution < -0.4 is 20.1 Å². The molecular formula is C16H22N2O4. The molecule has 2 amide bonds. The number of hydrogen-bond acceptors (Lipinski definition) is 4. The second kappa shape index (κ2) is 7.68. The van der Waals surface area contributed by atoms with Gasteiger partial charge in [-0.15, -0.1) is 0 Å². The van der Waals surface area contributed by atoms with Gasteiger partial charge in [-0.1, -0.05) is 6.07 Å². The third-order valence-electron chi connectivity index (χ3n) is 3.76. The van der Waals surface area contributed by atoms with Gasteiger partial charge in [0, 0.05) is 13.1 Å². The molecule has 1 unspecified atom stereocenters. The number of piperidine rings is 1. The van der Waals surface area contributed by atoms with E-state index in [1.165, 1.54) is 0 Å². The van der Waals surface area contributed by atoms with E-state index in [-0.39, 0.29) is 11.8 Å². The Balaban J connectivity index is 1.85. The van der Waals surface area contributed by atoms with Gasteiger partial charge in [-0.2, -0.15) is 0 Å². The van der Waals surface area contributed by atoms with Gasteiger partial charge in [0.05, 0.1) is 14.2 Å². The fourth-order valence-electron chi connectivity index (χ4n) is 2.51. The van der Waals surface area contributed by atoms with Gasteiger partial charge in [0.1, 0.15) is 5.92 Å². The summed E-state index contributed by atoms with van der Waals surface area (Å²) in [5.41, 5.74) is 1.03. The molecule has 0 aromatic heterocycles. The number of carbonyl (C=O) groups is 2. The van der Waals surface area contributed by atoms with Gasteiger partial charge in [0.25, 0.3) is 0 Å². The van der Waals surface area contributed by atoms with E-state index in [9.17, 15) is 9.59 Å². The number of methoxy groups -OCH3 is 2.